The molecule has 2 rings (SSSR count). The SMILES string of the molecule is CCOC(=O)c1oc2ccc([N+](=O)[O-])cc2c1OC. The van der Waals surface area contributed by atoms with Crippen molar-refractivity contribution in [1.29, 1.82) is 0 Å². The molecule has 0 aliphatic carbocycles. The summed E-state index contributed by atoms with van der Waals surface area (Å²) >= 11 is 0. The summed E-state index contributed by atoms with van der Waals surface area (Å²) in [6, 6.07) is 4.00. The molecule has 0 saturated carbocycles. The van der Waals surface area contributed by atoms with E-state index in [1.54, 1.807) is 6.92 Å². The molecule has 0 spiro atoms. The lowest BCUT2D eigenvalue weighted by atomic mass is 10.2. The first-order valence-corrected chi connectivity index (χ1v) is 5.50. The number of furan rings is 1. The van der Waals surface area contributed by atoms with Crippen molar-refractivity contribution in [2.45, 2.75) is 6.92 Å². The summed E-state index contributed by atoms with van der Waals surface area (Å²) in [5, 5.41) is 11.1. The van der Waals surface area contributed by atoms with E-state index >= 15 is 0 Å². The molecular weight excluding hydrogens is 254 g/mol. The molecule has 0 aliphatic rings. The maximum Gasteiger partial charge on any atom is 0.378 e. The zero-order valence-electron chi connectivity index (χ0n) is 10.3. The number of nitro benzene ring substituents is 1. The van der Waals surface area contributed by atoms with Gasteiger partial charge in [-0.05, 0) is 13.0 Å². The third-order valence-corrected chi connectivity index (χ3v) is 2.50. The molecule has 1 heterocycles. The van der Waals surface area contributed by atoms with Gasteiger partial charge in [-0.2, -0.15) is 0 Å². The summed E-state index contributed by atoms with van der Waals surface area (Å²) in [6.45, 7) is 1.86. The van der Waals surface area contributed by atoms with Gasteiger partial charge in [0.25, 0.3) is 11.4 Å². The van der Waals surface area contributed by atoms with Gasteiger partial charge in [0, 0.05) is 12.1 Å². The smallest absolute Gasteiger partial charge is 0.378 e. The first-order chi connectivity index (χ1) is 9.08. The van der Waals surface area contributed by atoms with Crippen molar-refractivity contribution < 1.29 is 23.6 Å². The van der Waals surface area contributed by atoms with Gasteiger partial charge in [-0.3, -0.25) is 10.1 Å². The van der Waals surface area contributed by atoms with Crippen LogP contribution in [0.5, 0.6) is 5.75 Å². The van der Waals surface area contributed by atoms with E-state index < -0.39 is 10.9 Å². The topological polar surface area (TPSA) is 91.8 Å². The van der Waals surface area contributed by atoms with Crippen LogP contribution in [0.3, 0.4) is 0 Å². The van der Waals surface area contributed by atoms with Gasteiger partial charge in [0.2, 0.25) is 0 Å². The molecule has 0 amide bonds. The summed E-state index contributed by atoms with van der Waals surface area (Å²) in [4.78, 5) is 21.9. The van der Waals surface area contributed by atoms with Crippen molar-refractivity contribution in [3.05, 3.63) is 34.1 Å². The fourth-order valence-corrected chi connectivity index (χ4v) is 1.71. The molecule has 0 aliphatic heterocycles. The van der Waals surface area contributed by atoms with Crippen LogP contribution in [-0.4, -0.2) is 24.6 Å². The van der Waals surface area contributed by atoms with Gasteiger partial charge in [0.15, 0.2) is 5.75 Å². The number of hydrogen-bond donors (Lipinski definition) is 0. The normalized spacial score (nSPS) is 10.4. The Kier molecular flexibility index (Phi) is 3.37. The van der Waals surface area contributed by atoms with Crippen LogP contribution in [0.15, 0.2) is 22.6 Å². The summed E-state index contributed by atoms with van der Waals surface area (Å²) in [5.41, 5.74) is 0.215. The van der Waals surface area contributed by atoms with E-state index in [1.165, 1.54) is 25.3 Å². The molecule has 1 aromatic heterocycles. The summed E-state index contributed by atoms with van der Waals surface area (Å²) in [7, 11) is 1.35. The van der Waals surface area contributed by atoms with Crippen molar-refractivity contribution in [3.8, 4) is 5.75 Å². The second-order valence-electron chi connectivity index (χ2n) is 3.62. The molecule has 0 saturated heterocycles. The van der Waals surface area contributed by atoms with Gasteiger partial charge in [0.1, 0.15) is 5.58 Å². The van der Waals surface area contributed by atoms with Crippen LogP contribution in [-0.2, 0) is 4.74 Å². The highest BCUT2D eigenvalue weighted by Gasteiger charge is 2.24. The van der Waals surface area contributed by atoms with E-state index in [-0.39, 0.29) is 23.8 Å². The number of fused-ring (bicyclic) bond motifs is 1. The molecule has 0 unspecified atom stereocenters. The Balaban J connectivity index is 2.61. The monoisotopic (exact) mass is 265 g/mol. The average Bonchev–Trinajstić information content (AvgIpc) is 2.76. The molecule has 100 valence electrons. The molecule has 7 heteroatoms. The van der Waals surface area contributed by atoms with E-state index in [0.29, 0.717) is 11.0 Å². The van der Waals surface area contributed by atoms with E-state index in [1.807, 2.05) is 0 Å². The highest BCUT2D eigenvalue weighted by atomic mass is 16.6. The van der Waals surface area contributed by atoms with Crippen molar-refractivity contribution in [2.24, 2.45) is 0 Å². The number of esters is 1. The standard InChI is InChI=1S/C12H11NO6/c1-3-18-12(14)11-10(17-2)8-6-7(13(15)16)4-5-9(8)19-11/h4-6H,3H2,1-2H3. The molecule has 19 heavy (non-hydrogen) atoms. The number of nitrogens with zero attached hydrogens (tertiary/aromatic N) is 1. The van der Waals surface area contributed by atoms with E-state index in [4.69, 9.17) is 13.9 Å². The van der Waals surface area contributed by atoms with Gasteiger partial charge in [0.05, 0.1) is 24.0 Å². The molecule has 0 radical (unpaired) electrons. The van der Waals surface area contributed by atoms with Crippen molar-refractivity contribution >= 4 is 22.6 Å². The fraction of sp³-hybridized carbons (Fsp3) is 0.250. The number of carbonyl (C=O) groups excluding carboxylic acids is 1. The van der Waals surface area contributed by atoms with Gasteiger partial charge in [-0.1, -0.05) is 0 Å². The lowest BCUT2D eigenvalue weighted by Gasteiger charge is -2.00. The van der Waals surface area contributed by atoms with Crippen molar-refractivity contribution in [2.75, 3.05) is 13.7 Å². The maximum absolute atomic E-state index is 11.7. The quantitative estimate of drug-likeness (QED) is 0.479. The Morgan fingerprint density at radius 3 is 2.79 bits per heavy atom. The van der Waals surface area contributed by atoms with Crippen molar-refractivity contribution in [1.82, 2.24) is 0 Å². The predicted molar refractivity (Wildman–Crippen MR) is 65.4 cm³/mol. The number of hydrogen-bond acceptors (Lipinski definition) is 6. The Hall–Kier alpha value is -2.57. The maximum atomic E-state index is 11.7. The van der Waals surface area contributed by atoms with E-state index in [2.05, 4.69) is 0 Å². The zero-order valence-corrected chi connectivity index (χ0v) is 10.3. The third-order valence-electron chi connectivity index (χ3n) is 2.50. The van der Waals surface area contributed by atoms with E-state index in [0.717, 1.165) is 0 Å². The lowest BCUT2D eigenvalue weighted by Crippen LogP contribution is -2.04. The minimum Gasteiger partial charge on any atom is -0.492 e. The molecular formula is C12H11NO6. The fourth-order valence-electron chi connectivity index (χ4n) is 1.71. The third kappa shape index (κ3) is 2.22. The minimum absolute atomic E-state index is 0.0974. The highest BCUT2D eigenvalue weighted by Crippen LogP contribution is 2.35. The van der Waals surface area contributed by atoms with Gasteiger partial charge in [-0.15, -0.1) is 0 Å². The molecule has 0 atom stereocenters. The Labute approximate surface area is 107 Å². The number of methoxy groups -OCH3 is 1. The molecule has 0 bridgehead atoms. The highest BCUT2D eigenvalue weighted by molar-refractivity contribution is 5.99. The molecule has 0 fully saturated rings. The van der Waals surface area contributed by atoms with Crippen LogP contribution in [0.25, 0.3) is 11.0 Å². The number of nitro groups is 1. The summed E-state index contributed by atoms with van der Waals surface area (Å²) in [5.74, 6) is -0.629. The first kappa shape index (κ1) is 12.9. The van der Waals surface area contributed by atoms with Crippen LogP contribution in [0.1, 0.15) is 17.5 Å². The van der Waals surface area contributed by atoms with Crippen LogP contribution >= 0.6 is 0 Å². The zero-order chi connectivity index (χ0) is 14.0. The minimum atomic E-state index is -0.668. The number of benzene rings is 1. The van der Waals surface area contributed by atoms with Crippen molar-refractivity contribution in [3.63, 3.8) is 0 Å². The molecule has 0 N–H and O–H groups in total. The largest absolute Gasteiger partial charge is 0.492 e. The summed E-state index contributed by atoms with van der Waals surface area (Å²) < 4.78 is 15.2. The number of non-ortho nitro benzene ring substituents is 1. The first-order valence-electron chi connectivity index (χ1n) is 5.50. The average molecular weight is 265 g/mol. The summed E-state index contributed by atoms with van der Waals surface area (Å²) in [6.07, 6.45) is 0. The van der Waals surface area contributed by atoms with Crippen LogP contribution in [0, 0.1) is 10.1 Å². The molecule has 7 nitrogen and oxygen atoms in total. The van der Waals surface area contributed by atoms with Crippen LogP contribution < -0.4 is 4.74 Å². The number of rotatable bonds is 4. The second-order valence-corrected chi connectivity index (χ2v) is 3.62. The predicted octanol–water partition coefficient (Wildman–Crippen LogP) is 2.53. The molecule has 2 aromatic rings. The second kappa shape index (κ2) is 4.97. The van der Waals surface area contributed by atoms with Gasteiger partial charge in [-0.25, -0.2) is 4.79 Å². The Morgan fingerprint density at radius 2 is 2.21 bits per heavy atom. The van der Waals surface area contributed by atoms with E-state index in [9.17, 15) is 14.9 Å². The number of ether oxygens (including phenoxy) is 2. The Morgan fingerprint density at radius 1 is 1.47 bits per heavy atom. The van der Waals surface area contributed by atoms with Gasteiger partial charge >= 0.3 is 5.97 Å². The van der Waals surface area contributed by atoms with Crippen LogP contribution in [0.4, 0.5) is 5.69 Å². The van der Waals surface area contributed by atoms with Crippen LogP contribution in [0.2, 0.25) is 0 Å². The van der Waals surface area contributed by atoms with Gasteiger partial charge < -0.3 is 13.9 Å². The Bertz CT molecular complexity index is 645. The lowest BCUT2D eigenvalue weighted by molar-refractivity contribution is -0.384. The number of carbonyl (C=O) groups is 1. The molecule has 1 aromatic carbocycles.